The van der Waals surface area contributed by atoms with Crippen LogP contribution in [0.5, 0.6) is 0 Å². The molecule has 0 fully saturated rings. The lowest BCUT2D eigenvalue weighted by molar-refractivity contribution is -0.152. The van der Waals surface area contributed by atoms with Crippen molar-refractivity contribution in [2.45, 2.75) is 38.5 Å². The molecule has 0 saturated carbocycles. The summed E-state index contributed by atoms with van der Waals surface area (Å²) in [6.45, 7) is 5.03. The number of nitrogens with one attached hydrogen (secondary N) is 1. The van der Waals surface area contributed by atoms with Crippen LogP contribution in [0.15, 0.2) is 24.3 Å². The molecular formula is C15H20FNO5. The van der Waals surface area contributed by atoms with Crippen LogP contribution in [0.25, 0.3) is 0 Å². The number of hydrogen-bond acceptors (Lipinski definition) is 5. The molecule has 122 valence electrons. The van der Waals surface area contributed by atoms with E-state index >= 15 is 0 Å². The van der Waals surface area contributed by atoms with E-state index in [4.69, 9.17) is 4.74 Å². The second kappa shape index (κ2) is 7.22. The first-order chi connectivity index (χ1) is 10.1. The van der Waals surface area contributed by atoms with E-state index in [0.29, 0.717) is 5.56 Å². The first kappa shape index (κ1) is 17.9. The predicted octanol–water partition coefficient (Wildman–Crippen LogP) is 1.93. The number of amides is 1. The number of carbonyl (C=O) groups is 2. The Morgan fingerprint density at radius 2 is 1.77 bits per heavy atom. The Morgan fingerprint density at radius 3 is 2.23 bits per heavy atom. The number of ether oxygens (including phenoxy) is 2. The van der Waals surface area contributed by atoms with E-state index in [-0.39, 0.29) is 0 Å². The summed E-state index contributed by atoms with van der Waals surface area (Å²) in [5.41, 5.74) is -0.404. The molecule has 22 heavy (non-hydrogen) atoms. The van der Waals surface area contributed by atoms with Gasteiger partial charge < -0.3 is 19.9 Å². The van der Waals surface area contributed by atoms with Crippen LogP contribution >= 0.6 is 0 Å². The highest BCUT2D eigenvalue weighted by atomic mass is 19.1. The molecule has 7 heteroatoms. The number of benzene rings is 1. The summed E-state index contributed by atoms with van der Waals surface area (Å²) in [6, 6.07) is 3.89. The molecule has 1 aromatic carbocycles. The molecule has 0 aliphatic rings. The first-order valence-electron chi connectivity index (χ1n) is 6.65. The lowest BCUT2D eigenvalue weighted by atomic mass is 10.0. The number of aliphatic hydroxyl groups is 1. The third-order valence-electron chi connectivity index (χ3n) is 2.66. The lowest BCUT2D eigenvalue weighted by Gasteiger charge is -2.25. The van der Waals surface area contributed by atoms with Gasteiger partial charge in [0, 0.05) is 0 Å². The average molecular weight is 313 g/mol. The Kier molecular flexibility index (Phi) is 5.87. The maximum Gasteiger partial charge on any atom is 0.408 e. The minimum atomic E-state index is -1.65. The van der Waals surface area contributed by atoms with E-state index in [0.717, 1.165) is 19.2 Å². The standard InChI is InChI=1S/C15H20FNO5/c1-15(2,3)22-14(20)17-11(12(18)13(19)21-4)9-5-7-10(16)8-6-9/h5-8,11-12,18H,1-4H3,(H,17,20)/t11-,12+/m1/s1. The van der Waals surface area contributed by atoms with Gasteiger partial charge in [0.2, 0.25) is 0 Å². The number of carbonyl (C=O) groups excluding carboxylic acids is 2. The molecule has 1 rings (SSSR count). The van der Waals surface area contributed by atoms with Crippen molar-refractivity contribution in [2.24, 2.45) is 0 Å². The predicted molar refractivity (Wildman–Crippen MR) is 76.5 cm³/mol. The molecule has 6 nitrogen and oxygen atoms in total. The summed E-state index contributed by atoms with van der Waals surface area (Å²) in [5.74, 6) is -1.40. The molecule has 2 N–H and O–H groups in total. The zero-order chi connectivity index (χ0) is 16.9. The highest BCUT2D eigenvalue weighted by Gasteiger charge is 2.31. The molecule has 0 aromatic heterocycles. The monoisotopic (exact) mass is 313 g/mol. The van der Waals surface area contributed by atoms with E-state index in [1.54, 1.807) is 20.8 Å². The molecule has 0 aliphatic carbocycles. The number of esters is 1. The Hall–Kier alpha value is -2.15. The van der Waals surface area contributed by atoms with Gasteiger partial charge in [-0.25, -0.2) is 14.0 Å². The van der Waals surface area contributed by atoms with E-state index in [9.17, 15) is 19.1 Å². The topological polar surface area (TPSA) is 84.9 Å². The van der Waals surface area contributed by atoms with Crippen molar-refractivity contribution in [3.63, 3.8) is 0 Å². The molecule has 0 saturated heterocycles. The van der Waals surface area contributed by atoms with E-state index in [1.165, 1.54) is 12.1 Å². The van der Waals surface area contributed by atoms with E-state index in [2.05, 4.69) is 10.1 Å². The van der Waals surface area contributed by atoms with Gasteiger partial charge in [-0.2, -0.15) is 0 Å². The van der Waals surface area contributed by atoms with Crippen molar-refractivity contribution >= 4 is 12.1 Å². The highest BCUT2D eigenvalue weighted by Crippen LogP contribution is 2.20. The third kappa shape index (κ3) is 5.33. The highest BCUT2D eigenvalue weighted by molar-refractivity contribution is 5.77. The minimum absolute atomic E-state index is 0.338. The molecule has 1 amide bonds. The van der Waals surface area contributed by atoms with Gasteiger partial charge >= 0.3 is 12.1 Å². The van der Waals surface area contributed by atoms with E-state index < -0.39 is 35.6 Å². The third-order valence-corrected chi connectivity index (χ3v) is 2.66. The van der Waals surface area contributed by atoms with Crippen molar-refractivity contribution in [1.82, 2.24) is 5.32 Å². The van der Waals surface area contributed by atoms with Crippen molar-refractivity contribution in [3.8, 4) is 0 Å². The van der Waals surface area contributed by atoms with Crippen molar-refractivity contribution in [1.29, 1.82) is 0 Å². The Morgan fingerprint density at radius 1 is 1.23 bits per heavy atom. The van der Waals surface area contributed by atoms with Crippen LogP contribution in [0.2, 0.25) is 0 Å². The van der Waals surface area contributed by atoms with Gasteiger partial charge in [0.15, 0.2) is 6.10 Å². The summed E-state index contributed by atoms with van der Waals surface area (Å²) >= 11 is 0. The first-order valence-corrected chi connectivity index (χ1v) is 6.65. The van der Waals surface area contributed by atoms with E-state index in [1.807, 2.05) is 0 Å². The average Bonchev–Trinajstić information content (AvgIpc) is 2.42. The van der Waals surface area contributed by atoms with Gasteiger partial charge in [-0.3, -0.25) is 0 Å². The Labute approximate surface area is 128 Å². The molecule has 0 radical (unpaired) electrons. The molecule has 0 aliphatic heterocycles. The second-order valence-corrected chi connectivity index (χ2v) is 5.64. The molecule has 0 heterocycles. The molecule has 0 unspecified atom stereocenters. The summed E-state index contributed by atoms with van der Waals surface area (Å²) in [5, 5.41) is 12.4. The summed E-state index contributed by atoms with van der Waals surface area (Å²) in [4.78, 5) is 23.4. The van der Waals surface area contributed by atoms with Crippen LogP contribution in [-0.4, -0.2) is 36.0 Å². The number of halogens is 1. The molecule has 0 bridgehead atoms. The quantitative estimate of drug-likeness (QED) is 0.830. The number of hydrogen-bond donors (Lipinski definition) is 2. The van der Waals surface area contributed by atoms with Crippen LogP contribution in [-0.2, 0) is 14.3 Å². The summed E-state index contributed by atoms with van der Waals surface area (Å²) in [7, 11) is 1.11. The normalized spacial score (nSPS) is 13.9. The van der Waals surface area contributed by atoms with Crippen molar-refractivity contribution < 1.29 is 28.6 Å². The number of alkyl carbamates (subject to hydrolysis) is 1. The number of methoxy groups -OCH3 is 1. The molecule has 1 aromatic rings. The second-order valence-electron chi connectivity index (χ2n) is 5.64. The zero-order valence-corrected chi connectivity index (χ0v) is 12.9. The molecule has 0 spiro atoms. The van der Waals surface area contributed by atoms with Crippen LogP contribution in [0.4, 0.5) is 9.18 Å². The SMILES string of the molecule is COC(=O)[C@@H](O)[C@H](NC(=O)OC(C)(C)C)c1ccc(F)cc1. The van der Waals surface area contributed by atoms with Gasteiger partial charge in [0.25, 0.3) is 0 Å². The van der Waals surface area contributed by atoms with Crippen LogP contribution in [0, 0.1) is 5.82 Å². The summed E-state index contributed by atoms with van der Waals surface area (Å²) < 4.78 is 22.5. The van der Waals surface area contributed by atoms with Crippen molar-refractivity contribution in [3.05, 3.63) is 35.6 Å². The van der Waals surface area contributed by atoms with Gasteiger partial charge in [-0.05, 0) is 38.5 Å². The minimum Gasteiger partial charge on any atom is -0.467 e. The largest absolute Gasteiger partial charge is 0.467 e. The fraction of sp³-hybridized carbons (Fsp3) is 0.467. The zero-order valence-electron chi connectivity index (χ0n) is 12.9. The van der Waals surface area contributed by atoms with Crippen LogP contribution in [0.1, 0.15) is 32.4 Å². The maximum absolute atomic E-state index is 13.0. The lowest BCUT2D eigenvalue weighted by Crippen LogP contribution is -2.43. The van der Waals surface area contributed by atoms with Gasteiger partial charge in [-0.1, -0.05) is 12.1 Å². The van der Waals surface area contributed by atoms with Gasteiger partial charge in [0.05, 0.1) is 13.2 Å². The number of rotatable bonds is 4. The van der Waals surface area contributed by atoms with Crippen LogP contribution in [0.3, 0.4) is 0 Å². The number of aliphatic hydroxyl groups excluding tert-OH is 1. The smallest absolute Gasteiger partial charge is 0.408 e. The van der Waals surface area contributed by atoms with Gasteiger partial charge in [-0.15, -0.1) is 0 Å². The van der Waals surface area contributed by atoms with Crippen molar-refractivity contribution in [2.75, 3.05) is 7.11 Å². The molecular weight excluding hydrogens is 293 g/mol. The fourth-order valence-electron chi connectivity index (χ4n) is 1.71. The molecule has 2 atom stereocenters. The van der Waals surface area contributed by atoms with Gasteiger partial charge in [0.1, 0.15) is 11.4 Å². The summed E-state index contributed by atoms with van der Waals surface area (Å²) in [6.07, 6.45) is -2.47. The maximum atomic E-state index is 13.0. The fourth-order valence-corrected chi connectivity index (χ4v) is 1.71. The Bertz CT molecular complexity index is 524. The van der Waals surface area contributed by atoms with Crippen LogP contribution < -0.4 is 5.32 Å². The Balaban J connectivity index is 2.99.